The van der Waals surface area contributed by atoms with Gasteiger partial charge in [0, 0.05) is 12.1 Å². The minimum absolute atomic E-state index is 0.00174. The number of rotatable bonds is 9. The minimum atomic E-state index is -4.51. The second kappa shape index (κ2) is 10.6. The molecule has 0 unspecified atom stereocenters. The number of para-hydroxylation sites is 1. The molecule has 0 radical (unpaired) electrons. The molecule has 7 heteroatoms. The van der Waals surface area contributed by atoms with Crippen LogP contribution in [0.25, 0.3) is 0 Å². The average Bonchev–Trinajstić information content (AvgIpc) is 2.68. The molecule has 29 heavy (non-hydrogen) atoms. The van der Waals surface area contributed by atoms with Gasteiger partial charge in [0.25, 0.3) is 5.91 Å². The summed E-state index contributed by atoms with van der Waals surface area (Å²) in [7, 11) is 0. The van der Waals surface area contributed by atoms with E-state index in [4.69, 9.17) is 4.74 Å². The van der Waals surface area contributed by atoms with E-state index in [9.17, 15) is 22.8 Å². The Bertz CT molecular complexity index is 834. The third-order valence-electron chi connectivity index (χ3n) is 4.29. The molecule has 2 aromatic carbocycles. The van der Waals surface area contributed by atoms with E-state index in [1.165, 1.54) is 24.3 Å². The maximum atomic E-state index is 12.8. The molecule has 0 heterocycles. The Kier molecular flexibility index (Phi) is 8.24. The van der Waals surface area contributed by atoms with Gasteiger partial charge in [-0.05, 0) is 36.8 Å². The van der Waals surface area contributed by atoms with Crippen molar-refractivity contribution in [1.29, 1.82) is 0 Å². The normalized spacial score (nSPS) is 11.2. The lowest BCUT2D eigenvalue weighted by molar-refractivity contribution is -0.137. The Morgan fingerprint density at radius 3 is 2.41 bits per heavy atom. The van der Waals surface area contributed by atoms with Crippen LogP contribution in [0, 0.1) is 0 Å². The molecule has 0 aliphatic rings. The first kappa shape index (κ1) is 22.5. The van der Waals surface area contributed by atoms with Crippen molar-refractivity contribution >= 4 is 17.6 Å². The molecule has 1 amide bonds. The maximum Gasteiger partial charge on any atom is 0.416 e. The predicted molar refractivity (Wildman–Crippen MR) is 105 cm³/mol. The van der Waals surface area contributed by atoms with E-state index < -0.39 is 23.6 Å². The lowest BCUT2D eigenvalue weighted by Crippen LogP contribution is -2.16. The van der Waals surface area contributed by atoms with E-state index in [1.807, 2.05) is 0 Å². The first-order valence-corrected chi connectivity index (χ1v) is 9.59. The molecule has 0 aromatic heterocycles. The minimum Gasteiger partial charge on any atom is -0.426 e. The Labute approximate surface area is 168 Å². The molecule has 0 aliphatic carbocycles. The lowest BCUT2D eigenvalue weighted by Gasteiger charge is -2.12. The van der Waals surface area contributed by atoms with Gasteiger partial charge in [0.1, 0.15) is 5.75 Å². The highest BCUT2D eigenvalue weighted by atomic mass is 19.4. The molecule has 0 saturated heterocycles. The summed E-state index contributed by atoms with van der Waals surface area (Å²) in [6.07, 6.45) is 0.656. The van der Waals surface area contributed by atoms with Crippen LogP contribution in [0.2, 0.25) is 0 Å². The second-order valence-electron chi connectivity index (χ2n) is 6.67. The Morgan fingerprint density at radius 2 is 1.69 bits per heavy atom. The van der Waals surface area contributed by atoms with E-state index in [1.54, 1.807) is 12.1 Å². The van der Waals surface area contributed by atoms with E-state index in [0.717, 1.165) is 37.8 Å². The van der Waals surface area contributed by atoms with E-state index >= 15 is 0 Å². The van der Waals surface area contributed by atoms with Gasteiger partial charge in [0.2, 0.25) is 0 Å². The van der Waals surface area contributed by atoms with Crippen molar-refractivity contribution in [2.45, 2.75) is 51.6 Å². The van der Waals surface area contributed by atoms with Gasteiger partial charge < -0.3 is 10.1 Å². The van der Waals surface area contributed by atoms with Crippen molar-refractivity contribution in [2.75, 3.05) is 5.32 Å². The summed E-state index contributed by atoms with van der Waals surface area (Å²) in [5.74, 6) is -1.02. The van der Waals surface area contributed by atoms with Crippen molar-refractivity contribution in [3.8, 4) is 5.75 Å². The molecule has 0 spiro atoms. The SMILES string of the molecule is CCCCCCCC(=O)Oc1ccccc1C(=O)Nc1cccc(C(F)(F)F)c1. The zero-order valence-corrected chi connectivity index (χ0v) is 16.2. The standard InChI is InChI=1S/C22H24F3NO3/c1-2-3-4-5-6-14-20(27)29-19-13-8-7-12-18(19)21(28)26-17-11-9-10-16(15-17)22(23,24)25/h7-13,15H,2-6,14H2,1H3,(H,26,28). The molecule has 0 bridgehead atoms. The van der Waals surface area contributed by atoms with Crippen molar-refractivity contribution < 1.29 is 27.5 Å². The van der Waals surface area contributed by atoms with Gasteiger partial charge in [-0.1, -0.05) is 50.8 Å². The quantitative estimate of drug-likeness (QED) is 0.305. The van der Waals surface area contributed by atoms with Crippen LogP contribution in [0.3, 0.4) is 0 Å². The van der Waals surface area contributed by atoms with Crippen LogP contribution in [0.15, 0.2) is 48.5 Å². The van der Waals surface area contributed by atoms with Crippen molar-refractivity contribution in [3.63, 3.8) is 0 Å². The highest BCUT2D eigenvalue weighted by Gasteiger charge is 2.30. The van der Waals surface area contributed by atoms with E-state index in [2.05, 4.69) is 12.2 Å². The summed E-state index contributed by atoms with van der Waals surface area (Å²) in [5.41, 5.74) is -0.788. The second-order valence-corrected chi connectivity index (χ2v) is 6.67. The van der Waals surface area contributed by atoms with Gasteiger partial charge in [-0.3, -0.25) is 9.59 Å². The summed E-state index contributed by atoms with van der Waals surface area (Å²) in [6.45, 7) is 2.11. The summed E-state index contributed by atoms with van der Waals surface area (Å²) in [5, 5.41) is 2.42. The van der Waals surface area contributed by atoms with Crippen molar-refractivity contribution in [3.05, 3.63) is 59.7 Å². The van der Waals surface area contributed by atoms with Crippen LogP contribution in [0.1, 0.15) is 61.4 Å². The van der Waals surface area contributed by atoms with Crippen molar-refractivity contribution in [2.24, 2.45) is 0 Å². The number of hydrogen-bond acceptors (Lipinski definition) is 3. The van der Waals surface area contributed by atoms with Gasteiger partial charge in [-0.2, -0.15) is 13.2 Å². The monoisotopic (exact) mass is 407 g/mol. The third-order valence-corrected chi connectivity index (χ3v) is 4.29. The van der Waals surface area contributed by atoms with Crippen LogP contribution < -0.4 is 10.1 Å². The lowest BCUT2D eigenvalue weighted by atomic mass is 10.1. The number of benzene rings is 2. The first-order chi connectivity index (χ1) is 13.8. The molecule has 4 nitrogen and oxygen atoms in total. The van der Waals surface area contributed by atoms with E-state index in [0.29, 0.717) is 6.42 Å². The Balaban J connectivity index is 2.02. The highest BCUT2D eigenvalue weighted by Crippen LogP contribution is 2.31. The highest BCUT2D eigenvalue weighted by molar-refractivity contribution is 6.06. The van der Waals surface area contributed by atoms with Crippen LogP contribution >= 0.6 is 0 Å². The number of carbonyl (C=O) groups excluding carboxylic acids is 2. The smallest absolute Gasteiger partial charge is 0.416 e. The van der Waals surface area contributed by atoms with Crippen molar-refractivity contribution in [1.82, 2.24) is 0 Å². The predicted octanol–water partition coefficient (Wildman–Crippen LogP) is 6.22. The molecular weight excluding hydrogens is 383 g/mol. The van der Waals surface area contributed by atoms with E-state index in [-0.39, 0.29) is 23.4 Å². The molecule has 2 rings (SSSR count). The number of carbonyl (C=O) groups is 2. The Morgan fingerprint density at radius 1 is 0.966 bits per heavy atom. The topological polar surface area (TPSA) is 55.4 Å². The van der Waals surface area contributed by atoms with Gasteiger partial charge in [-0.15, -0.1) is 0 Å². The summed E-state index contributed by atoms with van der Waals surface area (Å²) < 4.78 is 43.8. The number of alkyl halides is 3. The molecule has 0 fully saturated rings. The number of hydrogen-bond donors (Lipinski definition) is 1. The summed E-state index contributed by atoms with van der Waals surface area (Å²) >= 11 is 0. The third kappa shape index (κ3) is 7.25. The van der Waals surface area contributed by atoms with Crippen LogP contribution in [0.4, 0.5) is 18.9 Å². The number of nitrogens with one attached hydrogen (secondary N) is 1. The molecular formula is C22H24F3NO3. The fourth-order valence-electron chi connectivity index (χ4n) is 2.76. The van der Waals surface area contributed by atoms with Crippen LogP contribution in [0.5, 0.6) is 5.75 Å². The fourth-order valence-corrected chi connectivity index (χ4v) is 2.76. The number of amides is 1. The zero-order valence-electron chi connectivity index (χ0n) is 16.2. The number of ether oxygens (including phenoxy) is 1. The Hall–Kier alpha value is -2.83. The molecule has 156 valence electrons. The molecule has 0 saturated carbocycles. The number of unbranched alkanes of at least 4 members (excludes halogenated alkanes) is 4. The van der Waals surface area contributed by atoms with Gasteiger partial charge in [0.05, 0.1) is 11.1 Å². The number of halogens is 3. The number of anilines is 1. The summed E-state index contributed by atoms with van der Waals surface area (Å²) in [6, 6.07) is 10.5. The molecule has 0 aliphatic heterocycles. The largest absolute Gasteiger partial charge is 0.426 e. The van der Waals surface area contributed by atoms with Crippen LogP contribution in [-0.4, -0.2) is 11.9 Å². The van der Waals surface area contributed by atoms with Gasteiger partial charge in [-0.25, -0.2) is 0 Å². The average molecular weight is 407 g/mol. The van der Waals surface area contributed by atoms with Gasteiger partial charge in [0.15, 0.2) is 0 Å². The molecule has 1 N–H and O–H groups in total. The maximum absolute atomic E-state index is 12.8. The zero-order chi connectivity index (χ0) is 21.3. The van der Waals surface area contributed by atoms with Gasteiger partial charge >= 0.3 is 12.1 Å². The first-order valence-electron chi connectivity index (χ1n) is 9.59. The molecule has 2 aromatic rings. The van der Waals surface area contributed by atoms with Crippen LogP contribution in [-0.2, 0) is 11.0 Å². The molecule has 0 atom stereocenters. The fraction of sp³-hybridized carbons (Fsp3) is 0.364. The summed E-state index contributed by atoms with van der Waals surface area (Å²) in [4.78, 5) is 24.6. The number of esters is 1.